The average molecular weight is 965 g/mol. The van der Waals surface area contributed by atoms with Gasteiger partial charge >= 0.3 is 0 Å². The van der Waals surface area contributed by atoms with E-state index in [2.05, 4.69) is 49.9 Å². The molecule has 0 aliphatic heterocycles. The lowest BCUT2D eigenvalue weighted by atomic mass is 9.62. The second-order valence-electron chi connectivity index (χ2n) is 19.3. The van der Waals surface area contributed by atoms with Crippen molar-refractivity contribution in [1.29, 1.82) is 5.26 Å². The van der Waals surface area contributed by atoms with Gasteiger partial charge in [0.25, 0.3) is 11.8 Å². The van der Waals surface area contributed by atoms with Crippen LogP contribution in [-0.2, 0) is 42.2 Å². The Bertz CT molecular complexity index is 2700. The second kappa shape index (κ2) is 20.7. The molecule has 3 aliphatic rings. The Hall–Kier alpha value is -7.40. The monoisotopic (exact) mass is 964 g/mol. The molecule has 6 rings (SSSR count). The number of pyridine rings is 1. The first-order valence-electron chi connectivity index (χ1n) is 23.3. The topological polar surface area (TPSA) is 315 Å². The van der Waals surface area contributed by atoms with Crippen LogP contribution in [0.1, 0.15) is 151 Å². The molecule has 1 unspecified atom stereocenters. The maximum Gasteiger partial charge on any atom is 0.252 e. The Balaban J connectivity index is 0.912. The van der Waals surface area contributed by atoms with Crippen LogP contribution >= 0.6 is 0 Å². The highest BCUT2D eigenvalue weighted by Gasteiger charge is 2.55. The molecule has 3 aliphatic carbocycles. The van der Waals surface area contributed by atoms with Crippen LogP contribution in [0.2, 0.25) is 0 Å². The Kier molecular flexibility index (Phi) is 15.4. The lowest BCUT2D eigenvalue weighted by Crippen LogP contribution is -2.71. The van der Waals surface area contributed by atoms with E-state index in [4.69, 9.17) is 4.74 Å². The number of aromatic hydroxyl groups is 2. The maximum absolute atomic E-state index is 13.8. The molecule has 2 aromatic carbocycles. The number of ketones is 2. The number of hydrogen-bond donors (Lipinski definition) is 9. The summed E-state index contributed by atoms with van der Waals surface area (Å²) in [7, 11) is 1.34. The summed E-state index contributed by atoms with van der Waals surface area (Å²) < 4.78 is 5.29. The normalized spacial score (nSPS) is 20.0. The van der Waals surface area contributed by atoms with Crippen molar-refractivity contribution in [2.45, 2.75) is 121 Å². The first-order valence-corrected chi connectivity index (χ1v) is 23.3. The van der Waals surface area contributed by atoms with Crippen molar-refractivity contribution in [2.24, 2.45) is 0 Å². The molecule has 20 heteroatoms. The fourth-order valence-corrected chi connectivity index (χ4v) is 9.80. The Labute approximate surface area is 404 Å². The predicted octanol–water partition coefficient (Wildman–Crippen LogP) is 1.94. The maximum atomic E-state index is 13.8. The highest BCUT2D eigenvalue weighted by Crippen LogP contribution is 2.49. The molecule has 70 heavy (non-hydrogen) atoms. The number of carbonyl (C=O) groups excluding carboxylic acids is 8. The number of aliphatic hydroxyl groups is 1. The Morgan fingerprint density at radius 3 is 2.11 bits per heavy atom. The third-order valence-electron chi connectivity index (χ3n) is 13.5. The van der Waals surface area contributed by atoms with E-state index in [1.165, 1.54) is 37.6 Å². The molecule has 0 spiro atoms. The van der Waals surface area contributed by atoms with E-state index in [-0.39, 0.29) is 83.2 Å². The van der Waals surface area contributed by atoms with Crippen molar-refractivity contribution >= 4 is 47.0 Å². The smallest absolute Gasteiger partial charge is 0.252 e. The van der Waals surface area contributed by atoms with Gasteiger partial charge in [-0.15, -0.1) is 0 Å². The molecule has 1 aromatic heterocycles. The minimum atomic E-state index is -2.07. The number of hydrogen-bond acceptors (Lipinski definition) is 14. The van der Waals surface area contributed by atoms with Crippen LogP contribution < -0.4 is 36.6 Å². The van der Waals surface area contributed by atoms with Crippen molar-refractivity contribution in [3.8, 4) is 23.3 Å². The molecule has 6 amide bonds. The molecule has 0 radical (unpaired) electrons. The van der Waals surface area contributed by atoms with Crippen molar-refractivity contribution in [3.63, 3.8) is 0 Å². The number of phenolic OH excluding ortho intramolecular Hbond substituents is 2. The zero-order valence-electron chi connectivity index (χ0n) is 40.2. The standard InChI is InChI=1S/C50H60N8O12/c1-7-9-15-47(3,4)44-27(20-51)18-28(21-56-44)45(67)52-17-14-33(59)53-22-34(60)54-23-35(61)55-24-36(62)57-49(8-2)25-48(5,26-49)58-46(68)50(69)16-13-29-31(19-50)42(65)38-39(40(29)63)43(66)37-30(41(38)64)11-10-12-32(37)70-6/h10-12,18,21,63,65,69H,7-9,13-17,19,22-26H2,1-6H3,(H,52,67)(H,53,59)(H,54,60)(H,55,61)(H,57,62)(H,58,68). The third kappa shape index (κ3) is 10.7. The third-order valence-corrected chi connectivity index (χ3v) is 13.5. The largest absolute Gasteiger partial charge is 0.507 e. The number of fused-ring (bicyclic) bond motifs is 3. The van der Waals surface area contributed by atoms with Gasteiger partial charge in [-0.1, -0.05) is 52.7 Å². The number of aromatic nitrogens is 1. The molecule has 1 atom stereocenters. The van der Waals surface area contributed by atoms with Crippen LogP contribution in [0.25, 0.3) is 0 Å². The van der Waals surface area contributed by atoms with Crippen LogP contribution in [0.4, 0.5) is 0 Å². The predicted molar refractivity (Wildman–Crippen MR) is 251 cm³/mol. The zero-order valence-corrected chi connectivity index (χ0v) is 40.2. The van der Waals surface area contributed by atoms with E-state index >= 15 is 0 Å². The Morgan fingerprint density at radius 2 is 1.49 bits per heavy atom. The fraction of sp³-hybridized carbons (Fsp3) is 0.480. The van der Waals surface area contributed by atoms with Gasteiger partial charge in [0.05, 0.1) is 60.3 Å². The summed E-state index contributed by atoms with van der Waals surface area (Å²) in [6.07, 6.45) is 4.26. The van der Waals surface area contributed by atoms with Gasteiger partial charge in [0.15, 0.2) is 5.78 Å². The van der Waals surface area contributed by atoms with Crippen LogP contribution in [-0.4, -0.2) is 117 Å². The molecule has 1 saturated carbocycles. The lowest BCUT2D eigenvalue weighted by Gasteiger charge is -2.55. The van der Waals surface area contributed by atoms with Gasteiger partial charge in [-0.05, 0) is 57.6 Å². The summed E-state index contributed by atoms with van der Waals surface area (Å²) in [6, 6.07) is 8.02. The van der Waals surface area contributed by atoms with Crippen molar-refractivity contribution < 1.29 is 58.4 Å². The first kappa shape index (κ1) is 52.0. The molecule has 372 valence electrons. The summed E-state index contributed by atoms with van der Waals surface area (Å²) in [6.45, 7) is 8.24. The minimum Gasteiger partial charge on any atom is -0.507 e. The second-order valence-corrected chi connectivity index (χ2v) is 19.3. The average Bonchev–Trinajstić information content (AvgIpc) is 3.32. The Morgan fingerprint density at radius 1 is 0.857 bits per heavy atom. The molecule has 1 heterocycles. The SMILES string of the molecule is CCCCC(C)(C)c1ncc(C(=O)NCCC(=O)NCC(=O)NCC(=O)NCC(=O)NC2(CC)CC(C)(NC(=O)C3(O)CCc4c(O)c5c(c(O)c4C3)C(=O)c3cccc(OC)c3C5=O)C2)cc1C#N. The van der Waals surface area contributed by atoms with Crippen LogP contribution in [0.15, 0.2) is 30.5 Å². The van der Waals surface area contributed by atoms with E-state index in [0.717, 1.165) is 19.3 Å². The van der Waals surface area contributed by atoms with Gasteiger partial charge in [-0.2, -0.15) is 5.26 Å². The molecule has 20 nitrogen and oxygen atoms in total. The van der Waals surface area contributed by atoms with Gasteiger partial charge in [0, 0.05) is 58.8 Å². The number of benzene rings is 2. The summed E-state index contributed by atoms with van der Waals surface area (Å²) in [5.41, 5.74) is -3.74. The van der Waals surface area contributed by atoms with E-state index in [9.17, 15) is 58.9 Å². The summed E-state index contributed by atoms with van der Waals surface area (Å²) in [4.78, 5) is 108. The highest BCUT2D eigenvalue weighted by atomic mass is 16.5. The summed E-state index contributed by atoms with van der Waals surface area (Å²) in [5.74, 6) is -6.13. The molecule has 3 aromatic rings. The van der Waals surface area contributed by atoms with Crippen LogP contribution in [0.3, 0.4) is 0 Å². The molecular formula is C50H60N8O12. The zero-order chi connectivity index (χ0) is 51.3. The van der Waals surface area contributed by atoms with Gasteiger partial charge in [-0.3, -0.25) is 43.3 Å². The van der Waals surface area contributed by atoms with Crippen LogP contribution in [0, 0.1) is 11.3 Å². The number of nitrogens with one attached hydrogen (secondary N) is 6. The number of amides is 6. The van der Waals surface area contributed by atoms with Gasteiger partial charge in [0.2, 0.25) is 29.4 Å². The number of ether oxygens (including phenoxy) is 1. The molecule has 1 fully saturated rings. The number of nitriles is 1. The van der Waals surface area contributed by atoms with Gasteiger partial charge in [0.1, 0.15) is 28.9 Å². The molecule has 9 N–H and O–H groups in total. The van der Waals surface area contributed by atoms with Crippen molar-refractivity contribution in [2.75, 3.05) is 33.3 Å². The van der Waals surface area contributed by atoms with Crippen LogP contribution in [0.5, 0.6) is 17.2 Å². The lowest BCUT2D eigenvalue weighted by molar-refractivity contribution is -0.146. The van der Waals surface area contributed by atoms with Crippen molar-refractivity contribution in [3.05, 3.63) is 80.7 Å². The van der Waals surface area contributed by atoms with E-state index in [1.54, 1.807) is 6.92 Å². The number of carbonyl (C=O) groups is 8. The summed E-state index contributed by atoms with van der Waals surface area (Å²) in [5, 5.41) is 59.7. The number of methoxy groups -OCH3 is 1. The van der Waals surface area contributed by atoms with E-state index in [0.29, 0.717) is 17.7 Å². The first-order chi connectivity index (χ1) is 33.0. The van der Waals surface area contributed by atoms with E-state index < -0.39 is 107 Å². The van der Waals surface area contributed by atoms with Gasteiger partial charge in [-0.25, -0.2) is 0 Å². The molecular weight excluding hydrogens is 905 g/mol. The number of rotatable bonds is 19. The minimum absolute atomic E-state index is 0.0274. The number of unbranched alkanes of at least 4 members (excludes halogenated alkanes) is 1. The quantitative estimate of drug-likeness (QED) is 0.0607. The summed E-state index contributed by atoms with van der Waals surface area (Å²) >= 11 is 0. The fourth-order valence-electron chi connectivity index (χ4n) is 9.80. The highest BCUT2D eigenvalue weighted by molar-refractivity contribution is 6.31. The number of phenols is 2. The molecule has 0 saturated heterocycles. The van der Waals surface area contributed by atoms with Gasteiger partial charge < -0.3 is 52.0 Å². The van der Waals surface area contributed by atoms with Crippen molar-refractivity contribution in [1.82, 2.24) is 36.9 Å². The van der Waals surface area contributed by atoms with E-state index in [1.807, 2.05) is 20.8 Å². The number of nitrogens with zero attached hydrogens (tertiary/aromatic N) is 2. The molecule has 0 bridgehead atoms.